The standard InChI is InChI=1S/C18H32N8O2/c19-25-21-13-5-1-3-7-17(27)23-15-9-11-16(12-10-15)24-18(28)8-4-2-6-14-22-26-20/h15-16H,1-14H2,(H,23,27)(H,24,28). The Balaban J connectivity index is 2.06. The van der Waals surface area contributed by atoms with Crippen molar-refractivity contribution in [2.75, 3.05) is 13.1 Å². The number of carbonyl (C=O) groups excluding carboxylic acids is 2. The highest BCUT2D eigenvalue weighted by atomic mass is 16.2. The molecule has 0 bridgehead atoms. The van der Waals surface area contributed by atoms with Gasteiger partial charge in [-0.25, -0.2) is 0 Å². The predicted octanol–water partition coefficient (Wildman–Crippen LogP) is 4.27. The first kappa shape index (κ1) is 23.6. The van der Waals surface area contributed by atoms with E-state index in [-0.39, 0.29) is 23.9 Å². The van der Waals surface area contributed by atoms with Crippen molar-refractivity contribution in [2.45, 2.75) is 89.1 Å². The first-order valence-corrected chi connectivity index (χ1v) is 10.3. The van der Waals surface area contributed by atoms with Gasteiger partial charge in [-0.2, -0.15) is 0 Å². The molecule has 2 N–H and O–H groups in total. The molecule has 2 amide bonds. The second-order valence-electron chi connectivity index (χ2n) is 7.21. The van der Waals surface area contributed by atoms with Crippen molar-refractivity contribution in [2.24, 2.45) is 10.2 Å². The molecule has 28 heavy (non-hydrogen) atoms. The molecular weight excluding hydrogens is 360 g/mol. The van der Waals surface area contributed by atoms with Crippen LogP contribution >= 0.6 is 0 Å². The summed E-state index contributed by atoms with van der Waals surface area (Å²) in [4.78, 5) is 29.4. The van der Waals surface area contributed by atoms with Gasteiger partial charge in [-0.15, -0.1) is 0 Å². The molecule has 0 radical (unpaired) electrons. The van der Waals surface area contributed by atoms with Crippen LogP contribution in [0.5, 0.6) is 0 Å². The van der Waals surface area contributed by atoms with Crippen molar-refractivity contribution in [3.8, 4) is 0 Å². The molecule has 1 rings (SSSR count). The monoisotopic (exact) mass is 392 g/mol. The molecule has 10 heteroatoms. The molecule has 0 atom stereocenters. The van der Waals surface area contributed by atoms with Gasteiger partial charge in [0.15, 0.2) is 0 Å². The second kappa shape index (κ2) is 15.6. The third-order valence-corrected chi connectivity index (χ3v) is 4.91. The van der Waals surface area contributed by atoms with Crippen LogP contribution in [-0.4, -0.2) is 37.0 Å². The topological polar surface area (TPSA) is 156 Å². The van der Waals surface area contributed by atoms with E-state index in [1.807, 2.05) is 0 Å². The molecule has 0 saturated heterocycles. The van der Waals surface area contributed by atoms with Crippen LogP contribution in [0.15, 0.2) is 10.2 Å². The normalized spacial score (nSPS) is 18.4. The van der Waals surface area contributed by atoms with E-state index in [9.17, 15) is 9.59 Å². The Labute approximate surface area is 166 Å². The van der Waals surface area contributed by atoms with Gasteiger partial charge in [-0.3, -0.25) is 9.59 Å². The number of rotatable bonds is 14. The van der Waals surface area contributed by atoms with Crippen LogP contribution in [0.4, 0.5) is 0 Å². The van der Waals surface area contributed by atoms with E-state index < -0.39 is 0 Å². The largest absolute Gasteiger partial charge is 0.353 e. The highest BCUT2D eigenvalue weighted by Crippen LogP contribution is 2.19. The van der Waals surface area contributed by atoms with E-state index in [4.69, 9.17) is 11.1 Å². The minimum Gasteiger partial charge on any atom is -0.353 e. The highest BCUT2D eigenvalue weighted by Gasteiger charge is 2.23. The Morgan fingerprint density at radius 1 is 0.714 bits per heavy atom. The summed E-state index contributed by atoms with van der Waals surface area (Å²) in [6, 6.07) is 0.397. The zero-order valence-electron chi connectivity index (χ0n) is 16.6. The van der Waals surface area contributed by atoms with Crippen molar-refractivity contribution in [3.63, 3.8) is 0 Å². The molecule has 156 valence electrons. The van der Waals surface area contributed by atoms with E-state index in [2.05, 4.69) is 30.7 Å². The smallest absolute Gasteiger partial charge is 0.220 e. The van der Waals surface area contributed by atoms with Gasteiger partial charge in [0.05, 0.1) is 0 Å². The number of azide groups is 2. The van der Waals surface area contributed by atoms with Crippen molar-refractivity contribution >= 4 is 11.8 Å². The summed E-state index contributed by atoms with van der Waals surface area (Å²) < 4.78 is 0. The van der Waals surface area contributed by atoms with E-state index in [1.54, 1.807) is 0 Å². The minimum atomic E-state index is 0.0806. The number of hydrogen-bond acceptors (Lipinski definition) is 4. The van der Waals surface area contributed by atoms with Crippen LogP contribution in [0.1, 0.15) is 77.0 Å². The molecule has 0 aromatic heterocycles. The molecule has 10 nitrogen and oxygen atoms in total. The maximum absolute atomic E-state index is 12.0. The lowest BCUT2D eigenvalue weighted by Gasteiger charge is -2.29. The second-order valence-corrected chi connectivity index (χ2v) is 7.21. The summed E-state index contributed by atoms with van der Waals surface area (Å²) in [6.45, 7) is 0.979. The Morgan fingerprint density at radius 3 is 1.46 bits per heavy atom. The van der Waals surface area contributed by atoms with E-state index in [1.165, 1.54) is 0 Å². The van der Waals surface area contributed by atoms with Gasteiger partial charge in [0, 0.05) is 47.8 Å². The molecule has 0 unspecified atom stereocenters. The fourth-order valence-corrected chi connectivity index (χ4v) is 3.36. The SMILES string of the molecule is [N-]=[N+]=NCCCCCC(=O)NC1CCC(NC(=O)CCCCCN=[N+]=[N-])CC1. The summed E-state index contributed by atoms with van der Waals surface area (Å²) in [5.74, 6) is 0.161. The van der Waals surface area contributed by atoms with Crippen molar-refractivity contribution in [1.82, 2.24) is 10.6 Å². The maximum Gasteiger partial charge on any atom is 0.220 e. The molecule has 0 aromatic carbocycles. The molecule has 0 heterocycles. The molecule has 1 fully saturated rings. The van der Waals surface area contributed by atoms with Gasteiger partial charge in [-0.05, 0) is 62.4 Å². The number of nitrogens with zero attached hydrogens (tertiary/aromatic N) is 6. The fraction of sp³-hybridized carbons (Fsp3) is 0.889. The van der Waals surface area contributed by atoms with Crippen LogP contribution in [0, 0.1) is 0 Å². The quantitative estimate of drug-likeness (QED) is 0.196. The number of carbonyl (C=O) groups is 2. The summed E-state index contributed by atoms with van der Waals surface area (Å²) in [7, 11) is 0. The van der Waals surface area contributed by atoms with Gasteiger partial charge in [-0.1, -0.05) is 23.1 Å². The summed E-state index contributed by atoms with van der Waals surface area (Å²) in [6.07, 6.45) is 9.58. The van der Waals surface area contributed by atoms with Crippen LogP contribution in [0.3, 0.4) is 0 Å². The van der Waals surface area contributed by atoms with Gasteiger partial charge in [0.1, 0.15) is 0 Å². The average Bonchev–Trinajstić information content (AvgIpc) is 2.69. The minimum absolute atomic E-state index is 0.0806. The lowest BCUT2D eigenvalue weighted by molar-refractivity contribution is -0.123. The molecule has 1 saturated carbocycles. The van der Waals surface area contributed by atoms with Gasteiger partial charge in [0.25, 0.3) is 0 Å². The summed E-state index contributed by atoms with van der Waals surface area (Å²) >= 11 is 0. The molecule has 1 aliphatic carbocycles. The number of amides is 2. The van der Waals surface area contributed by atoms with Crippen LogP contribution in [0.2, 0.25) is 0 Å². The Morgan fingerprint density at radius 2 is 1.11 bits per heavy atom. The van der Waals surface area contributed by atoms with Crippen molar-refractivity contribution in [3.05, 3.63) is 20.9 Å². The van der Waals surface area contributed by atoms with Crippen LogP contribution in [-0.2, 0) is 9.59 Å². The van der Waals surface area contributed by atoms with E-state index in [0.717, 1.165) is 64.2 Å². The molecule has 0 aliphatic heterocycles. The van der Waals surface area contributed by atoms with Gasteiger partial charge < -0.3 is 10.6 Å². The van der Waals surface area contributed by atoms with E-state index in [0.29, 0.717) is 25.9 Å². The number of nitrogens with one attached hydrogen (secondary N) is 2. The average molecular weight is 393 g/mol. The van der Waals surface area contributed by atoms with Gasteiger partial charge in [0.2, 0.25) is 11.8 Å². The third kappa shape index (κ3) is 12.0. The third-order valence-electron chi connectivity index (χ3n) is 4.91. The lowest BCUT2D eigenvalue weighted by Crippen LogP contribution is -2.43. The zero-order valence-corrected chi connectivity index (χ0v) is 16.6. The Kier molecular flexibility index (Phi) is 13.1. The Bertz CT molecular complexity index is 512. The Hall–Kier alpha value is -2.44. The first-order valence-electron chi connectivity index (χ1n) is 10.3. The van der Waals surface area contributed by atoms with Gasteiger partial charge >= 0.3 is 0 Å². The van der Waals surface area contributed by atoms with E-state index >= 15 is 0 Å². The first-order chi connectivity index (χ1) is 13.7. The van der Waals surface area contributed by atoms with Crippen LogP contribution in [0.25, 0.3) is 20.9 Å². The predicted molar refractivity (Wildman–Crippen MR) is 107 cm³/mol. The molecule has 0 spiro atoms. The molecule has 1 aliphatic rings. The van der Waals surface area contributed by atoms with Crippen molar-refractivity contribution in [1.29, 1.82) is 0 Å². The molecular formula is C18H32N8O2. The fourth-order valence-electron chi connectivity index (χ4n) is 3.36. The summed E-state index contributed by atoms with van der Waals surface area (Å²) in [5, 5.41) is 13.1. The summed E-state index contributed by atoms with van der Waals surface area (Å²) in [5.41, 5.74) is 16.4. The number of hydrogen-bond donors (Lipinski definition) is 2. The zero-order chi connectivity index (χ0) is 20.5. The lowest BCUT2D eigenvalue weighted by atomic mass is 9.91. The van der Waals surface area contributed by atoms with Crippen molar-refractivity contribution < 1.29 is 9.59 Å². The molecule has 0 aromatic rings. The maximum atomic E-state index is 12.0. The number of unbranched alkanes of at least 4 members (excludes halogenated alkanes) is 4. The van der Waals surface area contributed by atoms with Crippen LogP contribution < -0.4 is 10.6 Å². The highest BCUT2D eigenvalue weighted by molar-refractivity contribution is 5.76.